The second-order valence-electron chi connectivity index (χ2n) is 4.82. The first-order chi connectivity index (χ1) is 9.49. The Hall–Kier alpha value is -0.880. The first-order valence-electron chi connectivity index (χ1n) is 7.47. The van der Waals surface area contributed by atoms with Gasteiger partial charge in [-0.15, -0.1) is 0 Å². The highest BCUT2D eigenvalue weighted by Crippen LogP contribution is 2.16. The lowest BCUT2D eigenvalue weighted by atomic mass is 10.1. The Balaban J connectivity index is 2.98. The topological polar surface area (TPSA) is 64.0 Å². The molecule has 1 rings (SSSR count). The van der Waals surface area contributed by atoms with E-state index >= 15 is 0 Å². The molecule has 0 aromatic carbocycles. The summed E-state index contributed by atoms with van der Waals surface area (Å²) in [5, 5.41) is 7.94. The van der Waals surface area contributed by atoms with Gasteiger partial charge in [0.1, 0.15) is 0 Å². The lowest BCUT2D eigenvalue weighted by Gasteiger charge is -2.08. The molecule has 0 radical (unpaired) electrons. The minimum Gasteiger partial charge on any atom is -0.313 e. The molecule has 1 N–H and O–H groups in total. The fourth-order valence-electron chi connectivity index (χ4n) is 2.28. The van der Waals surface area contributed by atoms with Crippen molar-refractivity contribution in [2.75, 3.05) is 18.1 Å². The lowest BCUT2D eigenvalue weighted by molar-refractivity contribution is 0.572. The quantitative estimate of drug-likeness (QED) is 0.751. The SMILES string of the molecule is CCNCc1c(CC)nn(CCS(=O)(=O)CC)c1CC. The number of nitrogens with zero attached hydrogens (tertiary/aromatic N) is 2. The van der Waals surface area contributed by atoms with E-state index in [4.69, 9.17) is 0 Å². The van der Waals surface area contributed by atoms with Crippen molar-refractivity contribution in [1.82, 2.24) is 15.1 Å². The maximum absolute atomic E-state index is 11.7. The molecule has 116 valence electrons. The Bertz CT molecular complexity index is 521. The van der Waals surface area contributed by atoms with Gasteiger partial charge in [0.2, 0.25) is 0 Å². The van der Waals surface area contributed by atoms with E-state index in [0.29, 0.717) is 6.54 Å². The molecule has 1 aromatic rings. The smallest absolute Gasteiger partial charge is 0.151 e. The molecule has 0 unspecified atom stereocenters. The lowest BCUT2D eigenvalue weighted by Crippen LogP contribution is -2.18. The zero-order valence-electron chi connectivity index (χ0n) is 13.1. The van der Waals surface area contributed by atoms with Gasteiger partial charge >= 0.3 is 0 Å². The largest absolute Gasteiger partial charge is 0.313 e. The molecule has 0 aliphatic heterocycles. The molecule has 20 heavy (non-hydrogen) atoms. The van der Waals surface area contributed by atoms with Crippen LogP contribution in [0, 0.1) is 0 Å². The third-order valence-electron chi connectivity index (χ3n) is 3.53. The number of aromatic nitrogens is 2. The Kier molecular flexibility index (Phi) is 6.68. The third-order valence-corrected chi connectivity index (χ3v) is 5.21. The number of hydrogen-bond acceptors (Lipinski definition) is 4. The van der Waals surface area contributed by atoms with Crippen LogP contribution in [0.15, 0.2) is 0 Å². The molecule has 0 bridgehead atoms. The maximum atomic E-state index is 11.7. The first kappa shape index (κ1) is 17.2. The fraction of sp³-hybridized carbons (Fsp3) is 0.786. The number of rotatable bonds is 9. The minimum absolute atomic E-state index is 0.169. The fourth-order valence-corrected chi connectivity index (χ4v) is 3.02. The molecule has 1 heterocycles. The summed E-state index contributed by atoms with van der Waals surface area (Å²) in [6.07, 6.45) is 1.75. The van der Waals surface area contributed by atoms with Gasteiger partial charge in [-0.05, 0) is 19.4 Å². The first-order valence-corrected chi connectivity index (χ1v) is 9.29. The van der Waals surface area contributed by atoms with Crippen molar-refractivity contribution in [3.63, 3.8) is 0 Å². The molecule has 0 fully saturated rings. The van der Waals surface area contributed by atoms with Crippen molar-refractivity contribution >= 4 is 9.84 Å². The van der Waals surface area contributed by atoms with Crippen molar-refractivity contribution in [2.24, 2.45) is 0 Å². The molecule has 0 aliphatic rings. The molecular weight excluding hydrogens is 274 g/mol. The molecule has 0 saturated carbocycles. The summed E-state index contributed by atoms with van der Waals surface area (Å²) in [7, 11) is -2.95. The van der Waals surface area contributed by atoms with Crippen molar-refractivity contribution in [2.45, 2.75) is 53.6 Å². The van der Waals surface area contributed by atoms with Gasteiger partial charge in [-0.1, -0.05) is 27.7 Å². The monoisotopic (exact) mass is 301 g/mol. The van der Waals surface area contributed by atoms with E-state index in [2.05, 4.69) is 31.2 Å². The molecule has 0 atom stereocenters. The van der Waals surface area contributed by atoms with E-state index in [9.17, 15) is 8.42 Å². The summed E-state index contributed by atoms with van der Waals surface area (Å²) < 4.78 is 25.2. The van der Waals surface area contributed by atoms with Crippen molar-refractivity contribution < 1.29 is 8.42 Å². The highest BCUT2D eigenvalue weighted by atomic mass is 32.2. The van der Waals surface area contributed by atoms with Gasteiger partial charge in [-0.25, -0.2) is 8.42 Å². The van der Waals surface area contributed by atoms with Crippen LogP contribution >= 0.6 is 0 Å². The van der Waals surface area contributed by atoms with E-state index < -0.39 is 9.84 Å². The van der Waals surface area contributed by atoms with E-state index in [1.165, 1.54) is 5.56 Å². The normalized spacial score (nSPS) is 12.0. The predicted octanol–water partition coefficient (Wildman–Crippen LogP) is 1.55. The van der Waals surface area contributed by atoms with Crippen LogP contribution in [0.3, 0.4) is 0 Å². The van der Waals surface area contributed by atoms with E-state index in [1.807, 2.05) is 4.68 Å². The average molecular weight is 301 g/mol. The standard InChI is InChI=1S/C14H27N3O2S/c1-5-13-12(11-15-7-3)14(6-2)17(16-13)9-10-20(18,19)8-4/h15H,5-11H2,1-4H3. The summed E-state index contributed by atoms with van der Waals surface area (Å²) in [5.41, 5.74) is 3.48. The van der Waals surface area contributed by atoms with E-state index in [0.717, 1.165) is 37.3 Å². The number of hydrogen-bond donors (Lipinski definition) is 1. The Morgan fingerprint density at radius 1 is 1.15 bits per heavy atom. The average Bonchev–Trinajstić information content (AvgIpc) is 2.79. The number of nitrogens with one attached hydrogen (secondary N) is 1. The van der Waals surface area contributed by atoms with Crippen LogP contribution in [0.5, 0.6) is 0 Å². The molecule has 0 saturated heterocycles. The second kappa shape index (κ2) is 7.78. The Labute approximate surface area is 122 Å². The van der Waals surface area contributed by atoms with Gasteiger partial charge in [0, 0.05) is 23.6 Å². The summed E-state index contributed by atoms with van der Waals surface area (Å²) in [5.74, 6) is 0.364. The maximum Gasteiger partial charge on any atom is 0.151 e. The van der Waals surface area contributed by atoms with Crippen molar-refractivity contribution in [3.8, 4) is 0 Å². The minimum atomic E-state index is -2.95. The molecule has 5 nitrogen and oxygen atoms in total. The highest BCUT2D eigenvalue weighted by molar-refractivity contribution is 7.91. The zero-order valence-corrected chi connectivity index (χ0v) is 13.9. The van der Waals surface area contributed by atoms with E-state index in [1.54, 1.807) is 6.92 Å². The molecule has 0 spiro atoms. The molecule has 6 heteroatoms. The molecule has 0 amide bonds. The summed E-state index contributed by atoms with van der Waals surface area (Å²) in [4.78, 5) is 0. The molecular formula is C14H27N3O2S. The van der Waals surface area contributed by atoms with Crippen LogP contribution < -0.4 is 5.32 Å². The van der Waals surface area contributed by atoms with Crippen LogP contribution in [-0.2, 0) is 35.8 Å². The van der Waals surface area contributed by atoms with Crippen molar-refractivity contribution in [1.29, 1.82) is 0 Å². The molecule has 1 aromatic heterocycles. The van der Waals surface area contributed by atoms with Gasteiger partial charge in [0.25, 0.3) is 0 Å². The van der Waals surface area contributed by atoms with Gasteiger partial charge in [0.15, 0.2) is 9.84 Å². The summed E-state index contributed by atoms with van der Waals surface area (Å²) >= 11 is 0. The second-order valence-corrected chi connectivity index (χ2v) is 7.29. The van der Waals surface area contributed by atoms with Crippen LogP contribution in [0.25, 0.3) is 0 Å². The zero-order chi connectivity index (χ0) is 15.2. The van der Waals surface area contributed by atoms with Crippen LogP contribution in [0.1, 0.15) is 44.6 Å². The Morgan fingerprint density at radius 2 is 1.85 bits per heavy atom. The summed E-state index contributed by atoms with van der Waals surface area (Å²) in [6, 6.07) is 0. The molecule has 0 aliphatic carbocycles. The van der Waals surface area contributed by atoms with Gasteiger partial charge in [-0.3, -0.25) is 4.68 Å². The van der Waals surface area contributed by atoms with E-state index in [-0.39, 0.29) is 11.5 Å². The third kappa shape index (κ3) is 4.31. The van der Waals surface area contributed by atoms with Gasteiger partial charge in [-0.2, -0.15) is 5.10 Å². The number of sulfone groups is 1. The van der Waals surface area contributed by atoms with Crippen molar-refractivity contribution in [3.05, 3.63) is 17.0 Å². The predicted molar refractivity (Wildman–Crippen MR) is 82.7 cm³/mol. The summed E-state index contributed by atoms with van der Waals surface area (Å²) in [6.45, 7) is 10.1. The van der Waals surface area contributed by atoms with Crippen LogP contribution in [-0.4, -0.2) is 36.2 Å². The van der Waals surface area contributed by atoms with Crippen LogP contribution in [0.2, 0.25) is 0 Å². The van der Waals surface area contributed by atoms with Crippen LogP contribution in [0.4, 0.5) is 0 Å². The number of aryl methyl sites for hydroxylation is 2. The van der Waals surface area contributed by atoms with Gasteiger partial charge < -0.3 is 5.32 Å². The van der Waals surface area contributed by atoms with Gasteiger partial charge in [0.05, 0.1) is 18.0 Å². The Morgan fingerprint density at radius 3 is 2.35 bits per heavy atom. The highest BCUT2D eigenvalue weighted by Gasteiger charge is 2.16.